The van der Waals surface area contributed by atoms with Crippen LogP contribution in [0.4, 0.5) is 0 Å². The first-order chi connectivity index (χ1) is 10.3. The van der Waals surface area contributed by atoms with Crippen molar-refractivity contribution in [3.8, 4) is 11.4 Å². The van der Waals surface area contributed by atoms with Gasteiger partial charge in [0.2, 0.25) is 5.16 Å². The fourth-order valence-corrected chi connectivity index (χ4v) is 3.00. The maximum Gasteiger partial charge on any atom is 0.208 e. The predicted octanol–water partition coefficient (Wildman–Crippen LogP) is 2.89. The van der Waals surface area contributed by atoms with Crippen LogP contribution >= 0.6 is 11.8 Å². The van der Waals surface area contributed by atoms with Crippen molar-refractivity contribution in [1.82, 2.24) is 15.2 Å². The van der Waals surface area contributed by atoms with Gasteiger partial charge in [-0.25, -0.2) is 4.98 Å². The Labute approximate surface area is 128 Å². The van der Waals surface area contributed by atoms with Crippen LogP contribution in [0.2, 0.25) is 0 Å². The summed E-state index contributed by atoms with van der Waals surface area (Å²) in [5.41, 5.74) is 2.39. The van der Waals surface area contributed by atoms with Crippen molar-refractivity contribution in [2.75, 3.05) is 19.2 Å². The average Bonchev–Trinajstić information content (AvgIpc) is 3.03. The highest BCUT2D eigenvalue weighted by Crippen LogP contribution is 2.22. The van der Waals surface area contributed by atoms with Crippen LogP contribution < -0.4 is 0 Å². The van der Waals surface area contributed by atoms with E-state index >= 15 is 0 Å². The zero-order chi connectivity index (χ0) is 14.5. The molecule has 1 aromatic carbocycles. The molecular weight excluding hydrogens is 286 g/mol. The minimum atomic E-state index is 0.231. The lowest BCUT2D eigenvalue weighted by molar-refractivity contribution is -0.130. The number of hydrogen-bond donors (Lipinski definition) is 1. The summed E-state index contributed by atoms with van der Waals surface area (Å²) in [5.74, 6) is 1.67. The molecule has 0 radical (unpaired) electrons. The highest BCUT2D eigenvalue weighted by atomic mass is 32.2. The molecule has 112 valence electrons. The van der Waals surface area contributed by atoms with Crippen LogP contribution in [0.15, 0.2) is 29.4 Å². The highest BCUT2D eigenvalue weighted by molar-refractivity contribution is 7.99. The van der Waals surface area contributed by atoms with E-state index in [1.165, 1.54) is 5.56 Å². The number of rotatable bonds is 5. The summed E-state index contributed by atoms with van der Waals surface area (Å²) in [4.78, 5) is 4.53. The monoisotopic (exact) mass is 305 g/mol. The molecule has 6 heteroatoms. The molecule has 1 aliphatic heterocycles. The van der Waals surface area contributed by atoms with Crippen molar-refractivity contribution in [3.05, 3.63) is 29.8 Å². The van der Waals surface area contributed by atoms with Crippen LogP contribution in [0, 0.1) is 0 Å². The van der Waals surface area contributed by atoms with Crippen molar-refractivity contribution in [2.45, 2.75) is 31.0 Å². The first-order valence-electron chi connectivity index (χ1n) is 7.19. The number of thioether (sulfide) groups is 1. The summed E-state index contributed by atoms with van der Waals surface area (Å²) >= 11 is 1.62. The van der Waals surface area contributed by atoms with Crippen molar-refractivity contribution in [3.63, 3.8) is 0 Å². The normalized spacial score (nSPS) is 18.8. The number of aromatic amines is 1. The molecule has 1 fully saturated rings. The number of nitrogens with one attached hydrogen (secondary N) is 1. The molecule has 0 unspecified atom stereocenters. The fraction of sp³-hybridized carbons (Fsp3) is 0.467. The molecule has 3 rings (SSSR count). The lowest BCUT2D eigenvalue weighted by Gasteiger charge is -2.21. The first-order valence-corrected chi connectivity index (χ1v) is 8.17. The molecule has 2 heterocycles. The van der Waals surface area contributed by atoms with E-state index in [2.05, 4.69) is 46.4 Å². The van der Waals surface area contributed by atoms with Gasteiger partial charge in [-0.1, -0.05) is 43.0 Å². The SMILES string of the molecule is CCc1ccc(-c2nc(SC[C@H]3CCOCO3)n[nH]2)cc1. The molecule has 2 aromatic rings. The molecule has 0 spiro atoms. The van der Waals surface area contributed by atoms with Gasteiger partial charge in [0.05, 0.1) is 12.7 Å². The third kappa shape index (κ3) is 3.84. The maximum atomic E-state index is 5.51. The number of ether oxygens (including phenoxy) is 2. The van der Waals surface area contributed by atoms with Gasteiger partial charge in [0.25, 0.3) is 0 Å². The topological polar surface area (TPSA) is 60.0 Å². The molecule has 1 aromatic heterocycles. The third-order valence-corrected chi connectivity index (χ3v) is 4.45. The van der Waals surface area contributed by atoms with E-state index in [1.54, 1.807) is 11.8 Å². The van der Waals surface area contributed by atoms with Crippen molar-refractivity contribution < 1.29 is 9.47 Å². The zero-order valence-electron chi connectivity index (χ0n) is 12.0. The van der Waals surface area contributed by atoms with Gasteiger partial charge in [-0.2, -0.15) is 0 Å². The Bertz CT molecular complexity index is 565. The van der Waals surface area contributed by atoms with Gasteiger partial charge in [0.1, 0.15) is 6.79 Å². The van der Waals surface area contributed by atoms with Gasteiger partial charge in [-0.3, -0.25) is 5.10 Å². The summed E-state index contributed by atoms with van der Waals surface area (Å²) in [6, 6.07) is 8.41. The van der Waals surface area contributed by atoms with E-state index in [9.17, 15) is 0 Å². The number of aryl methyl sites for hydroxylation is 1. The number of H-pyrrole nitrogens is 1. The van der Waals surface area contributed by atoms with E-state index in [0.29, 0.717) is 6.79 Å². The predicted molar refractivity (Wildman–Crippen MR) is 82.2 cm³/mol. The van der Waals surface area contributed by atoms with E-state index in [0.717, 1.165) is 41.7 Å². The molecule has 1 N–H and O–H groups in total. The van der Waals surface area contributed by atoms with Crippen LogP contribution in [0.25, 0.3) is 11.4 Å². The maximum absolute atomic E-state index is 5.51. The van der Waals surface area contributed by atoms with E-state index in [-0.39, 0.29) is 6.10 Å². The second-order valence-electron chi connectivity index (χ2n) is 4.93. The molecular formula is C15H19N3O2S. The Kier molecular flexibility index (Phi) is 4.90. The number of hydrogen-bond acceptors (Lipinski definition) is 5. The fourth-order valence-electron chi connectivity index (χ4n) is 2.14. The lowest BCUT2D eigenvalue weighted by Crippen LogP contribution is -2.25. The van der Waals surface area contributed by atoms with Gasteiger partial charge in [0.15, 0.2) is 5.82 Å². The number of benzene rings is 1. The van der Waals surface area contributed by atoms with Crippen LogP contribution in [0.1, 0.15) is 18.9 Å². The summed E-state index contributed by atoms with van der Waals surface area (Å²) in [5, 5.41) is 8.02. The lowest BCUT2D eigenvalue weighted by atomic mass is 10.1. The van der Waals surface area contributed by atoms with Gasteiger partial charge >= 0.3 is 0 Å². The van der Waals surface area contributed by atoms with Crippen molar-refractivity contribution in [2.24, 2.45) is 0 Å². The van der Waals surface area contributed by atoms with Gasteiger partial charge in [-0.15, -0.1) is 5.10 Å². The summed E-state index contributed by atoms with van der Waals surface area (Å²) in [7, 11) is 0. The molecule has 5 nitrogen and oxygen atoms in total. The quantitative estimate of drug-likeness (QED) is 0.861. The first kappa shape index (κ1) is 14.6. The van der Waals surface area contributed by atoms with Crippen LogP contribution in [0.3, 0.4) is 0 Å². The minimum Gasteiger partial charge on any atom is -0.355 e. The Balaban J connectivity index is 1.59. The molecule has 1 saturated heterocycles. The summed E-state index contributed by atoms with van der Waals surface area (Å²) in [6.45, 7) is 3.32. The molecule has 21 heavy (non-hydrogen) atoms. The number of nitrogens with zero attached hydrogens (tertiary/aromatic N) is 2. The van der Waals surface area contributed by atoms with Crippen LogP contribution in [-0.4, -0.2) is 40.4 Å². The van der Waals surface area contributed by atoms with Gasteiger partial charge in [-0.05, 0) is 18.4 Å². The smallest absolute Gasteiger partial charge is 0.208 e. The molecule has 1 aliphatic rings. The summed E-state index contributed by atoms with van der Waals surface area (Å²) < 4.78 is 10.7. The number of aromatic nitrogens is 3. The minimum absolute atomic E-state index is 0.231. The van der Waals surface area contributed by atoms with E-state index in [1.807, 2.05) is 0 Å². The second-order valence-corrected chi connectivity index (χ2v) is 5.92. The Hall–Kier alpha value is -1.37. The molecule has 0 aliphatic carbocycles. The van der Waals surface area contributed by atoms with Crippen molar-refractivity contribution in [1.29, 1.82) is 0 Å². The molecule has 0 amide bonds. The summed E-state index contributed by atoms with van der Waals surface area (Å²) in [6.07, 6.45) is 2.21. The Morgan fingerprint density at radius 3 is 2.90 bits per heavy atom. The largest absolute Gasteiger partial charge is 0.355 e. The molecule has 0 bridgehead atoms. The van der Waals surface area contributed by atoms with Gasteiger partial charge < -0.3 is 9.47 Å². The second kappa shape index (κ2) is 7.06. The van der Waals surface area contributed by atoms with Crippen molar-refractivity contribution >= 4 is 11.8 Å². The molecule has 0 saturated carbocycles. The Morgan fingerprint density at radius 1 is 1.33 bits per heavy atom. The third-order valence-electron chi connectivity index (χ3n) is 3.47. The van der Waals surface area contributed by atoms with Gasteiger partial charge in [0, 0.05) is 11.3 Å². The highest BCUT2D eigenvalue weighted by Gasteiger charge is 2.16. The average molecular weight is 305 g/mol. The van der Waals surface area contributed by atoms with E-state index < -0.39 is 0 Å². The Morgan fingerprint density at radius 2 is 2.19 bits per heavy atom. The van der Waals surface area contributed by atoms with Crippen LogP contribution in [-0.2, 0) is 15.9 Å². The van der Waals surface area contributed by atoms with Crippen LogP contribution in [0.5, 0.6) is 0 Å². The standard InChI is InChI=1S/C15H19N3O2S/c1-2-11-3-5-12(6-4-11)14-16-15(18-17-14)21-9-13-7-8-19-10-20-13/h3-6,13H,2,7-10H2,1H3,(H,16,17,18)/t13-/m1/s1. The molecule has 1 atom stereocenters. The zero-order valence-corrected chi connectivity index (χ0v) is 12.9. The van der Waals surface area contributed by atoms with E-state index in [4.69, 9.17) is 9.47 Å².